The number of benzene rings is 1. The minimum atomic E-state index is 0.188. The van der Waals surface area contributed by atoms with Crippen LogP contribution in [0.2, 0.25) is 0 Å². The van der Waals surface area contributed by atoms with E-state index in [0.717, 1.165) is 15.8 Å². The molecular formula is C12H9N3OS2. The van der Waals surface area contributed by atoms with Gasteiger partial charge >= 0.3 is 0 Å². The first-order chi connectivity index (χ1) is 8.74. The molecule has 0 atom stereocenters. The van der Waals surface area contributed by atoms with Crippen molar-refractivity contribution in [1.29, 1.82) is 0 Å². The van der Waals surface area contributed by atoms with Crippen LogP contribution in [0.25, 0.3) is 10.1 Å². The van der Waals surface area contributed by atoms with Crippen LogP contribution >= 0.6 is 22.7 Å². The molecule has 0 unspecified atom stereocenters. The molecule has 2 aromatic heterocycles. The average molecular weight is 275 g/mol. The van der Waals surface area contributed by atoms with Crippen LogP contribution in [-0.2, 0) is 0 Å². The maximum atomic E-state index is 10.0. The third-order valence-electron chi connectivity index (χ3n) is 2.38. The minimum Gasteiger partial charge on any atom is -0.504 e. The largest absolute Gasteiger partial charge is 0.504 e. The number of fused-ring (bicyclic) bond motifs is 1. The summed E-state index contributed by atoms with van der Waals surface area (Å²) in [5.41, 5.74) is 0.925. The molecule has 0 saturated carbocycles. The third-order valence-corrected chi connectivity index (χ3v) is 4.27. The van der Waals surface area contributed by atoms with Crippen LogP contribution in [0.4, 0.5) is 10.1 Å². The zero-order valence-electron chi connectivity index (χ0n) is 9.49. The summed E-state index contributed by atoms with van der Waals surface area (Å²) >= 11 is 2.85. The van der Waals surface area contributed by atoms with E-state index >= 15 is 0 Å². The van der Waals surface area contributed by atoms with Gasteiger partial charge in [-0.1, -0.05) is 12.1 Å². The molecule has 0 bridgehead atoms. The highest BCUT2D eigenvalue weighted by molar-refractivity contribution is 7.23. The number of aromatic nitrogens is 1. The molecule has 18 heavy (non-hydrogen) atoms. The number of azo groups is 1. The monoisotopic (exact) mass is 275 g/mol. The Morgan fingerprint density at radius 2 is 2.06 bits per heavy atom. The topological polar surface area (TPSA) is 57.8 Å². The Hall–Kier alpha value is -1.79. The summed E-state index contributed by atoms with van der Waals surface area (Å²) in [6.45, 7) is 1.91. The van der Waals surface area contributed by atoms with Crippen LogP contribution in [0.3, 0.4) is 0 Å². The van der Waals surface area contributed by atoms with Crippen LogP contribution < -0.4 is 0 Å². The molecule has 1 N–H and O–H groups in total. The Bertz CT molecular complexity index is 730. The predicted molar refractivity (Wildman–Crippen MR) is 74.5 cm³/mol. The SMILES string of the molecule is Cc1csc(/N=N/c2sc3ccccc3c2O)n1. The highest BCUT2D eigenvalue weighted by Crippen LogP contribution is 2.43. The molecule has 0 aliphatic rings. The fraction of sp³-hybridized carbons (Fsp3) is 0.0833. The van der Waals surface area contributed by atoms with Crippen molar-refractivity contribution in [3.05, 3.63) is 35.3 Å². The molecule has 2 heterocycles. The average Bonchev–Trinajstić information content (AvgIpc) is 2.92. The molecule has 0 radical (unpaired) electrons. The van der Waals surface area contributed by atoms with Gasteiger partial charge in [0.2, 0.25) is 5.13 Å². The van der Waals surface area contributed by atoms with Crippen LogP contribution in [0.15, 0.2) is 39.9 Å². The summed E-state index contributed by atoms with van der Waals surface area (Å²) in [7, 11) is 0. The van der Waals surface area contributed by atoms with E-state index in [1.165, 1.54) is 22.7 Å². The Labute approximate surface area is 111 Å². The lowest BCUT2D eigenvalue weighted by atomic mass is 10.2. The van der Waals surface area contributed by atoms with E-state index in [0.29, 0.717) is 10.1 Å². The van der Waals surface area contributed by atoms with Crippen molar-refractivity contribution in [3.8, 4) is 5.75 Å². The maximum absolute atomic E-state index is 10.0. The van der Waals surface area contributed by atoms with Gasteiger partial charge in [0.05, 0.1) is 5.69 Å². The molecule has 0 saturated heterocycles. The fourth-order valence-electron chi connectivity index (χ4n) is 1.56. The summed E-state index contributed by atoms with van der Waals surface area (Å²) in [5.74, 6) is 0.188. The van der Waals surface area contributed by atoms with E-state index in [9.17, 15) is 5.11 Å². The second-order valence-electron chi connectivity index (χ2n) is 3.72. The molecule has 1 aromatic carbocycles. The van der Waals surface area contributed by atoms with Crippen molar-refractivity contribution >= 4 is 42.9 Å². The van der Waals surface area contributed by atoms with Crippen molar-refractivity contribution in [2.45, 2.75) is 6.92 Å². The molecule has 0 spiro atoms. The minimum absolute atomic E-state index is 0.188. The van der Waals surface area contributed by atoms with E-state index in [1.54, 1.807) is 0 Å². The van der Waals surface area contributed by atoms with E-state index < -0.39 is 0 Å². The predicted octanol–water partition coefficient (Wildman–Crippen LogP) is 4.79. The van der Waals surface area contributed by atoms with Gasteiger partial charge < -0.3 is 5.11 Å². The first-order valence-electron chi connectivity index (χ1n) is 5.28. The second kappa shape index (κ2) is 4.47. The summed E-state index contributed by atoms with van der Waals surface area (Å²) in [6, 6.07) is 7.64. The van der Waals surface area contributed by atoms with Crippen molar-refractivity contribution in [1.82, 2.24) is 4.98 Å². The van der Waals surface area contributed by atoms with Gasteiger partial charge in [-0.3, -0.25) is 0 Å². The van der Waals surface area contributed by atoms with E-state index in [4.69, 9.17) is 0 Å². The first kappa shape index (κ1) is 11.3. The molecule has 90 valence electrons. The number of rotatable bonds is 2. The number of hydrogen-bond acceptors (Lipinski definition) is 6. The third kappa shape index (κ3) is 2.00. The number of aryl methyl sites for hydroxylation is 1. The second-order valence-corrected chi connectivity index (χ2v) is 5.59. The normalized spacial score (nSPS) is 11.6. The highest BCUT2D eigenvalue weighted by atomic mass is 32.1. The van der Waals surface area contributed by atoms with Crippen molar-refractivity contribution in [2.24, 2.45) is 10.2 Å². The van der Waals surface area contributed by atoms with Gasteiger partial charge in [-0.15, -0.1) is 32.9 Å². The Morgan fingerprint density at radius 1 is 1.22 bits per heavy atom. The first-order valence-corrected chi connectivity index (χ1v) is 6.98. The van der Waals surface area contributed by atoms with Gasteiger partial charge in [0, 0.05) is 15.5 Å². The lowest BCUT2D eigenvalue weighted by molar-refractivity contribution is 0.484. The van der Waals surface area contributed by atoms with Gasteiger partial charge in [-0.05, 0) is 19.1 Å². The van der Waals surface area contributed by atoms with E-state index in [2.05, 4.69) is 15.2 Å². The zero-order valence-corrected chi connectivity index (χ0v) is 11.1. The number of thiophene rings is 1. The fourth-order valence-corrected chi connectivity index (χ4v) is 3.09. The Morgan fingerprint density at radius 3 is 2.78 bits per heavy atom. The lowest BCUT2D eigenvalue weighted by Gasteiger charge is -1.88. The summed E-state index contributed by atoms with van der Waals surface area (Å²) < 4.78 is 0.999. The Kier molecular flexibility index (Phi) is 2.81. The van der Waals surface area contributed by atoms with Gasteiger partial charge in [-0.25, -0.2) is 4.98 Å². The molecule has 4 nitrogen and oxygen atoms in total. The molecule has 0 fully saturated rings. The molecule has 3 aromatic rings. The molecule has 0 aliphatic carbocycles. The smallest absolute Gasteiger partial charge is 0.230 e. The highest BCUT2D eigenvalue weighted by Gasteiger charge is 2.09. The van der Waals surface area contributed by atoms with Gasteiger partial charge in [0.15, 0.2) is 10.8 Å². The molecule has 0 amide bonds. The van der Waals surface area contributed by atoms with E-state index in [1.807, 2.05) is 36.6 Å². The lowest BCUT2D eigenvalue weighted by Crippen LogP contribution is -1.64. The number of hydrogen-bond donors (Lipinski definition) is 1. The Balaban J connectivity index is 2.00. The van der Waals surface area contributed by atoms with Crippen molar-refractivity contribution in [2.75, 3.05) is 0 Å². The molecule has 6 heteroatoms. The van der Waals surface area contributed by atoms with Crippen LogP contribution in [0, 0.1) is 6.92 Å². The van der Waals surface area contributed by atoms with Crippen LogP contribution in [0.5, 0.6) is 5.75 Å². The molecular weight excluding hydrogens is 266 g/mol. The number of thiazole rings is 1. The van der Waals surface area contributed by atoms with Crippen LogP contribution in [-0.4, -0.2) is 10.1 Å². The molecule has 3 rings (SSSR count). The summed E-state index contributed by atoms with van der Waals surface area (Å²) in [4.78, 5) is 4.19. The quantitative estimate of drug-likeness (QED) is 0.684. The maximum Gasteiger partial charge on any atom is 0.230 e. The van der Waals surface area contributed by atoms with Crippen molar-refractivity contribution < 1.29 is 5.11 Å². The van der Waals surface area contributed by atoms with Gasteiger partial charge in [0.25, 0.3) is 0 Å². The van der Waals surface area contributed by atoms with Gasteiger partial charge in [0.1, 0.15) is 0 Å². The standard InChI is InChI=1S/C12H9N3OS2/c1-7-6-17-12(13-7)15-14-11-10(16)8-4-2-3-5-9(8)18-11/h2-6,16H,1H3/b15-14+. The van der Waals surface area contributed by atoms with Crippen molar-refractivity contribution in [3.63, 3.8) is 0 Å². The number of aromatic hydroxyl groups is 1. The van der Waals surface area contributed by atoms with Gasteiger partial charge in [-0.2, -0.15) is 0 Å². The summed E-state index contributed by atoms with van der Waals surface area (Å²) in [6.07, 6.45) is 0. The summed E-state index contributed by atoms with van der Waals surface area (Å²) in [5, 5.41) is 22.0. The van der Waals surface area contributed by atoms with Crippen LogP contribution in [0.1, 0.15) is 5.69 Å². The zero-order chi connectivity index (χ0) is 12.5. The van der Waals surface area contributed by atoms with E-state index in [-0.39, 0.29) is 5.75 Å². The molecule has 0 aliphatic heterocycles. The number of nitrogens with zero attached hydrogens (tertiary/aromatic N) is 3.